The molecule has 0 amide bonds. The van der Waals surface area contributed by atoms with Gasteiger partial charge in [-0.3, -0.25) is 11.3 Å². The molecule has 1 heterocycles. The van der Waals surface area contributed by atoms with Gasteiger partial charge in [0, 0.05) is 38.0 Å². The van der Waals surface area contributed by atoms with Gasteiger partial charge >= 0.3 is 0 Å². The normalized spacial score (nSPS) is 25.2. The Hall–Kier alpha value is -0.210. The molecule has 0 aromatic heterocycles. The van der Waals surface area contributed by atoms with Crippen LogP contribution in [0.25, 0.3) is 0 Å². The third-order valence-corrected chi connectivity index (χ3v) is 4.59. The van der Waals surface area contributed by atoms with Crippen LogP contribution in [0, 0.1) is 0 Å². The molecule has 18 heavy (non-hydrogen) atoms. The average molecular weight is 278 g/mol. The molecule has 1 fully saturated rings. The summed E-state index contributed by atoms with van der Waals surface area (Å²) >= 11 is 0. The highest BCUT2D eigenvalue weighted by molar-refractivity contribution is 7.90. The van der Waals surface area contributed by atoms with E-state index in [4.69, 9.17) is 5.84 Å². The van der Waals surface area contributed by atoms with E-state index >= 15 is 0 Å². The maximum Gasteiger partial charge on any atom is 0.147 e. The summed E-state index contributed by atoms with van der Waals surface area (Å²) in [5.41, 5.74) is 2.75. The number of sulfone groups is 1. The SMILES string of the molecule is CN1CCN(C)C(CC(CCS(C)(=O)=O)NN)C1. The summed E-state index contributed by atoms with van der Waals surface area (Å²) in [6, 6.07) is 0.489. The molecule has 3 N–H and O–H groups in total. The summed E-state index contributed by atoms with van der Waals surface area (Å²) in [7, 11) is 1.31. The van der Waals surface area contributed by atoms with Crippen LogP contribution in [0.2, 0.25) is 0 Å². The van der Waals surface area contributed by atoms with Crippen LogP contribution in [0.1, 0.15) is 12.8 Å². The number of rotatable bonds is 6. The lowest BCUT2D eigenvalue weighted by Gasteiger charge is -2.39. The lowest BCUT2D eigenvalue weighted by molar-refractivity contribution is 0.101. The summed E-state index contributed by atoms with van der Waals surface area (Å²) in [5, 5.41) is 0. The first kappa shape index (κ1) is 15.8. The van der Waals surface area contributed by atoms with Gasteiger partial charge in [0.1, 0.15) is 9.84 Å². The molecular weight excluding hydrogens is 252 g/mol. The number of hydrazine groups is 1. The maximum absolute atomic E-state index is 11.2. The molecule has 2 atom stereocenters. The first-order valence-corrected chi connectivity index (χ1v) is 8.40. The van der Waals surface area contributed by atoms with E-state index in [2.05, 4.69) is 29.3 Å². The molecule has 0 aliphatic carbocycles. The van der Waals surface area contributed by atoms with Crippen molar-refractivity contribution in [3.8, 4) is 0 Å². The van der Waals surface area contributed by atoms with Gasteiger partial charge in [-0.1, -0.05) is 0 Å². The number of hydrogen-bond acceptors (Lipinski definition) is 6. The van der Waals surface area contributed by atoms with Crippen molar-refractivity contribution in [2.45, 2.75) is 24.9 Å². The second kappa shape index (κ2) is 6.81. The Balaban J connectivity index is 2.46. The minimum Gasteiger partial charge on any atom is -0.304 e. The highest BCUT2D eigenvalue weighted by Gasteiger charge is 2.25. The second-order valence-corrected chi connectivity index (χ2v) is 7.67. The third-order valence-electron chi connectivity index (χ3n) is 3.61. The molecule has 1 aliphatic heterocycles. The van der Waals surface area contributed by atoms with E-state index in [1.807, 2.05) is 0 Å². The van der Waals surface area contributed by atoms with Crippen LogP contribution in [0.4, 0.5) is 0 Å². The fourth-order valence-electron chi connectivity index (χ4n) is 2.31. The van der Waals surface area contributed by atoms with Crippen molar-refractivity contribution in [3.63, 3.8) is 0 Å². The Labute approximate surface area is 110 Å². The summed E-state index contributed by atoms with van der Waals surface area (Å²) in [4.78, 5) is 4.62. The molecule has 0 spiro atoms. The molecule has 0 bridgehead atoms. The Morgan fingerprint density at radius 2 is 2.06 bits per heavy atom. The van der Waals surface area contributed by atoms with E-state index in [-0.39, 0.29) is 11.8 Å². The third kappa shape index (κ3) is 5.62. The van der Waals surface area contributed by atoms with Crippen LogP contribution in [-0.2, 0) is 9.84 Å². The van der Waals surface area contributed by atoms with Gasteiger partial charge in [0.05, 0.1) is 5.75 Å². The van der Waals surface area contributed by atoms with Gasteiger partial charge in [-0.25, -0.2) is 8.42 Å². The highest BCUT2D eigenvalue weighted by Crippen LogP contribution is 2.13. The largest absolute Gasteiger partial charge is 0.304 e. The minimum absolute atomic E-state index is 0.0543. The number of likely N-dealkylation sites (N-methyl/N-ethyl adjacent to an activating group) is 2. The second-order valence-electron chi connectivity index (χ2n) is 5.41. The highest BCUT2D eigenvalue weighted by atomic mass is 32.2. The zero-order chi connectivity index (χ0) is 13.8. The van der Waals surface area contributed by atoms with Crippen LogP contribution in [0.3, 0.4) is 0 Å². The smallest absolute Gasteiger partial charge is 0.147 e. The number of piperazine rings is 1. The Morgan fingerprint density at radius 3 is 2.61 bits per heavy atom. The van der Waals surface area contributed by atoms with E-state index in [0.717, 1.165) is 26.1 Å². The Kier molecular flexibility index (Phi) is 6.00. The molecular formula is C11H26N4O2S. The molecule has 0 aromatic carbocycles. The van der Waals surface area contributed by atoms with Crippen LogP contribution in [-0.4, -0.2) is 76.0 Å². The number of nitrogens with one attached hydrogen (secondary N) is 1. The topological polar surface area (TPSA) is 78.7 Å². The first-order chi connectivity index (χ1) is 8.31. The van der Waals surface area contributed by atoms with Crippen molar-refractivity contribution in [3.05, 3.63) is 0 Å². The minimum atomic E-state index is -2.91. The number of nitrogens with two attached hydrogens (primary N) is 1. The molecule has 1 aliphatic rings. The zero-order valence-corrected chi connectivity index (χ0v) is 12.4. The van der Waals surface area contributed by atoms with Crippen LogP contribution < -0.4 is 11.3 Å². The zero-order valence-electron chi connectivity index (χ0n) is 11.6. The molecule has 108 valence electrons. The maximum atomic E-state index is 11.2. The molecule has 1 saturated heterocycles. The van der Waals surface area contributed by atoms with E-state index in [9.17, 15) is 8.42 Å². The fourth-order valence-corrected chi connectivity index (χ4v) is 3.02. The molecule has 0 radical (unpaired) electrons. The fraction of sp³-hybridized carbons (Fsp3) is 1.00. The Bertz CT molecular complexity index is 347. The van der Waals surface area contributed by atoms with Gasteiger partial charge in [-0.05, 0) is 26.9 Å². The van der Waals surface area contributed by atoms with E-state index in [1.54, 1.807) is 0 Å². The molecule has 0 saturated carbocycles. The summed E-state index contributed by atoms with van der Waals surface area (Å²) in [6.45, 7) is 3.13. The van der Waals surface area contributed by atoms with Crippen molar-refractivity contribution in [1.29, 1.82) is 0 Å². The van der Waals surface area contributed by atoms with Gasteiger partial charge in [0.15, 0.2) is 0 Å². The van der Waals surface area contributed by atoms with Crippen molar-refractivity contribution in [1.82, 2.24) is 15.2 Å². The number of hydrogen-bond donors (Lipinski definition) is 2. The predicted molar refractivity (Wildman–Crippen MR) is 74.0 cm³/mol. The average Bonchev–Trinajstić information content (AvgIpc) is 2.27. The first-order valence-electron chi connectivity index (χ1n) is 6.34. The van der Waals surface area contributed by atoms with Crippen LogP contribution in [0.15, 0.2) is 0 Å². The molecule has 7 heteroatoms. The van der Waals surface area contributed by atoms with Gasteiger partial charge in [0.2, 0.25) is 0 Å². The van der Waals surface area contributed by atoms with Crippen molar-refractivity contribution in [2.75, 3.05) is 45.7 Å². The lowest BCUT2D eigenvalue weighted by Crippen LogP contribution is -2.53. The van der Waals surface area contributed by atoms with Gasteiger partial charge in [0.25, 0.3) is 0 Å². The van der Waals surface area contributed by atoms with Gasteiger partial charge < -0.3 is 9.80 Å². The molecule has 1 rings (SSSR count). The van der Waals surface area contributed by atoms with Crippen LogP contribution in [0.5, 0.6) is 0 Å². The van der Waals surface area contributed by atoms with Crippen molar-refractivity contribution in [2.24, 2.45) is 5.84 Å². The van der Waals surface area contributed by atoms with E-state index in [1.165, 1.54) is 6.26 Å². The van der Waals surface area contributed by atoms with Crippen molar-refractivity contribution >= 4 is 9.84 Å². The van der Waals surface area contributed by atoms with E-state index in [0.29, 0.717) is 12.5 Å². The summed E-state index contributed by atoms with van der Waals surface area (Å²) < 4.78 is 22.3. The predicted octanol–water partition coefficient (Wildman–Crippen LogP) is -1.11. The molecule has 6 nitrogen and oxygen atoms in total. The molecule has 0 aromatic rings. The van der Waals surface area contributed by atoms with E-state index < -0.39 is 9.84 Å². The quantitative estimate of drug-likeness (QED) is 0.474. The standard InChI is InChI=1S/C11H26N4O2S/c1-14-5-6-15(2)11(9-14)8-10(13-12)4-7-18(3,16)17/h10-11,13H,4-9,12H2,1-3H3. The number of nitrogens with zero attached hydrogens (tertiary/aromatic N) is 2. The summed E-state index contributed by atoms with van der Waals surface area (Å²) in [5.74, 6) is 5.71. The summed E-state index contributed by atoms with van der Waals surface area (Å²) in [6.07, 6.45) is 2.72. The van der Waals surface area contributed by atoms with Crippen LogP contribution >= 0.6 is 0 Å². The molecule has 2 unspecified atom stereocenters. The van der Waals surface area contributed by atoms with Gasteiger partial charge in [-0.2, -0.15) is 0 Å². The Morgan fingerprint density at radius 1 is 1.39 bits per heavy atom. The monoisotopic (exact) mass is 278 g/mol. The van der Waals surface area contributed by atoms with Gasteiger partial charge in [-0.15, -0.1) is 0 Å². The van der Waals surface area contributed by atoms with Crippen molar-refractivity contribution < 1.29 is 8.42 Å². The lowest BCUT2D eigenvalue weighted by atomic mass is 10.0.